The second-order valence-corrected chi connectivity index (χ2v) is 4.45. The Balaban J connectivity index is 2.63. The Labute approximate surface area is 108 Å². The van der Waals surface area contributed by atoms with Gasteiger partial charge in [-0.25, -0.2) is 0 Å². The Morgan fingerprint density at radius 1 is 1.44 bits per heavy atom. The van der Waals surface area contributed by atoms with E-state index in [1.54, 1.807) is 12.1 Å². The highest BCUT2D eigenvalue weighted by Crippen LogP contribution is 2.28. The molecule has 84 valence electrons. The summed E-state index contributed by atoms with van der Waals surface area (Å²) in [6, 6.07) is 5.30. The van der Waals surface area contributed by atoms with Gasteiger partial charge in [-0.3, -0.25) is 5.10 Å². The van der Waals surface area contributed by atoms with Gasteiger partial charge in [-0.15, -0.1) is 0 Å². The summed E-state index contributed by atoms with van der Waals surface area (Å²) < 4.78 is 2.47. The van der Waals surface area contributed by atoms with E-state index in [-0.39, 0.29) is 0 Å². The Bertz CT molecular complexity index is 574. The quantitative estimate of drug-likeness (QED) is 0.842. The van der Waals surface area contributed by atoms with Crippen LogP contribution in [0.3, 0.4) is 0 Å². The number of H-pyrrole nitrogens is 1. The van der Waals surface area contributed by atoms with Crippen LogP contribution in [-0.2, 0) is 6.54 Å². The van der Waals surface area contributed by atoms with Crippen LogP contribution in [0, 0.1) is 4.77 Å². The van der Waals surface area contributed by atoms with Crippen LogP contribution in [-0.4, -0.2) is 14.8 Å². The van der Waals surface area contributed by atoms with Gasteiger partial charge in [0.05, 0.1) is 5.02 Å². The summed E-state index contributed by atoms with van der Waals surface area (Å²) in [5.74, 6) is 0.731. The monoisotopic (exact) mass is 273 g/mol. The lowest BCUT2D eigenvalue weighted by atomic mass is 10.2. The normalized spacial score (nSPS) is 10.7. The van der Waals surface area contributed by atoms with Crippen LogP contribution in [0.15, 0.2) is 18.2 Å². The van der Waals surface area contributed by atoms with E-state index in [2.05, 4.69) is 10.2 Å². The molecule has 2 aromatic rings. The van der Waals surface area contributed by atoms with Crippen molar-refractivity contribution in [1.82, 2.24) is 14.8 Å². The molecule has 0 unspecified atom stereocenters. The third-order valence-electron chi connectivity index (χ3n) is 2.25. The lowest BCUT2D eigenvalue weighted by molar-refractivity contribution is 0.755. The minimum absolute atomic E-state index is 0.566. The van der Waals surface area contributed by atoms with Crippen molar-refractivity contribution in [3.63, 3.8) is 0 Å². The van der Waals surface area contributed by atoms with Gasteiger partial charge in [0.15, 0.2) is 10.6 Å². The molecule has 0 saturated heterocycles. The third kappa shape index (κ3) is 2.00. The number of hydrogen-bond donors (Lipinski definition) is 1. The molecule has 1 heterocycles. The van der Waals surface area contributed by atoms with E-state index in [1.165, 1.54) is 0 Å². The Kier molecular flexibility index (Phi) is 3.33. The maximum Gasteiger partial charge on any atom is 0.195 e. The summed E-state index contributed by atoms with van der Waals surface area (Å²) in [5.41, 5.74) is 0.820. The summed E-state index contributed by atoms with van der Waals surface area (Å²) in [4.78, 5) is 0. The molecule has 0 aliphatic carbocycles. The number of nitrogens with zero attached hydrogens (tertiary/aromatic N) is 2. The molecule has 0 bridgehead atoms. The van der Waals surface area contributed by atoms with Gasteiger partial charge in [-0.05, 0) is 37.3 Å². The van der Waals surface area contributed by atoms with Crippen molar-refractivity contribution in [2.45, 2.75) is 13.5 Å². The molecule has 1 N–H and O–H groups in total. The van der Waals surface area contributed by atoms with Gasteiger partial charge >= 0.3 is 0 Å². The van der Waals surface area contributed by atoms with Crippen molar-refractivity contribution in [3.8, 4) is 11.4 Å². The van der Waals surface area contributed by atoms with Crippen molar-refractivity contribution in [3.05, 3.63) is 33.0 Å². The van der Waals surface area contributed by atoms with Crippen LogP contribution in [0.4, 0.5) is 0 Å². The fourth-order valence-electron chi connectivity index (χ4n) is 1.49. The van der Waals surface area contributed by atoms with E-state index in [9.17, 15) is 0 Å². The number of aromatic amines is 1. The lowest BCUT2D eigenvalue weighted by Crippen LogP contribution is -1.97. The number of aromatic nitrogens is 3. The van der Waals surface area contributed by atoms with Crippen molar-refractivity contribution in [1.29, 1.82) is 0 Å². The van der Waals surface area contributed by atoms with Gasteiger partial charge in [0.1, 0.15) is 0 Å². The van der Waals surface area contributed by atoms with Gasteiger partial charge in [-0.1, -0.05) is 23.2 Å². The molecule has 16 heavy (non-hydrogen) atoms. The molecule has 0 atom stereocenters. The molecule has 2 rings (SSSR count). The van der Waals surface area contributed by atoms with Crippen LogP contribution in [0.25, 0.3) is 11.4 Å². The first-order valence-electron chi connectivity index (χ1n) is 4.74. The van der Waals surface area contributed by atoms with Gasteiger partial charge in [0, 0.05) is 17.1 Å². The first kappa shape index (κ1) is 11.6. The summed E-state index contributed by atoms with van der Waals surface area (Å²) >= 11 is 17.1. The first-order valence-corrected chi connectivity index (χ1v) is 5.90. The lowest BCUT2D eigenvalue weighted by Gasteiger charge is -2.05. The van der Waals surface area contributed by atoms with E-state index >= 15 is 0 Å². The summed E-state index contributed by atoms with van der Waals surface area (Å²) in [5, 5.41) is 8.09. The van der Waals surface area contributed by atoms with Gasteiger partial charge in [0.2, 0.25) is 0 Å². The topological polar surface area (TPSA) is 33.6 Å². The number of nitrogens with one attached hydrogen (secondary N) is 1. The van der Waals surface area contributed by atoms with Gasteiger partial charge in [-0.2, -0.15) is 5.10 Å². The molecule has 0 spiro atoms. The van der Waals surface area contributed by atoms with Crippen LogP contribution < -0.4 is 0 Å². The third-order valence-corrected chi connectivity index (χ3v) is 3.11. The zero-order valence-corrected chi connectivity index (χ0v) is 10.8. The summed E-state index contributed by atoms with van der Waals surface area (Å²) in [6.45, 7) is 2.74. The van der Waals surface area contributed by atoms with E-state index in [0.29, 0.717) is 14.8 Å². The fraction of sp³-hybridized carbons (Fsp3) is 0.200. The zero-order chi connectivity index (χ0) is 11.7. The van der Waals surface area contributed by atoms with Crippen LogP contribution in [0.1, 0.15) is 6.92 Å². The molecule has 6 heteroatoms. The van der Waals surface area contributed by atoms with Crippen LogP contribution in [0.5, 0.6) is 0 Å². The maximum atomic E-state index is 6.12. The SMILES string of the molecule is CCn1c(-c2ccc(Cl)cc2Cl)n[nH]c1=S. The second-order valence-electron chi connectivity index (χ2n) is 3.22. The molecular formula is C10H9Cl2N3S. The second kappa shape index (κ2) is 4.57. The van der Waals surface area contributed by atoms with Crippen LogP contribution in [0.2, 0.25) is 10.0 Å². The van der Waals surface area contributed by atoms with Crippen molar-refractivity contribution >= 4 is 35.4 Å². The molecule has 1 aromatic heterocycles. The van der Waals surface area contributed by atoms with Gasteiger partial charge in [0.25, 0.3) is 0 Å². The molecule has 3 nitrogen and oxygen atoms in total. The standard InChI is InChI=1S/C10H9Cl2N3S/c1-2-15-9(13-14-10(15)16)7-4-3-6(11)5-8(7)12/h3-5H,2H2,1H3,(H,14,16). The first-order chi connectivity index (χ1) is 7.63. The average molecular weight is 274 g/mol. The Hall–Kier alpha value is -0.840. The summed E-state index contributed by atoms with van der Waals surface area (Å²) in [7, 11) is 0. The molecule has 0 radical (unpaired) electrons. The highest BCUT2D eigenvalue weighted by atomic mass is 35.5. The smallest absolute Gasteiger partial charge is 0.195 e. The number of benzene rings is 1. The molecule has 0 aliphatic heterocycles. The van der Waals surface area contributed by atoms with E-state index < -0.39 is 0 Å². The molecule has 0 saturated carbocycles. The minimum atomic E-state index is 0.566. The largest absolute Gasteiger partial charge is 0.300 e. The molecule has 0 aliphatic rings. The highest BCUT2D eigenvalue weighted by molar-refractivity contribution is 7.71. The van der Waals surface area contributed by atoms with Crippen molar-refractivity contribution in [2.24, 2.45) is 0 Å². The Morgan fingerprint density at radius 2 is 2.19 bits per heavy atom. The highest BCUT2D eigenvalue weighted by Gasteiger charge is 2.11. The van der Waals surface area contributed by atoms with E-state index in [0.717, 1.165) is 17.9 Å². The number of rotatable bonds is 2. The molecule has 0 amide bonds. The van der Waals surface area contributed by atoms with Crippen molar-refractivity contribution in [2.75, 3.05) is 0 Å². The fourth-order valence-corrected chi connectivity index (χ4v) is 2.24. The average Bonchev–Trinajstić information content (AvgIpc) is 2.59. The number of hydrogen-bond acceptors (Lipinski definition) is 2. The minimum Gasteiger partial charge on any atom is -0.300 e. The van der Waals surface area contributed by atoms with Gasteiger partial charge < -0.3 is 4.57 Å². The van der Waals surface area contributed by atoms with Crippen LogP contribution >= 0.6 is 35.4 Å². The molecule has 1 aromatic carbocycles. The maximum absolute atomic E-state index is 6.12. The summed E-state index contributed by atoms with van der Waals surface area (Å²) in [6.07, 6.45) is 0. The predicted octanol–water partition coefficient (Wildman–Crippen LogP) is 3.93. The van der Waals surface area contributed by atoms with E-state index in [4.69, 9.17) is 35.4 Å². The predicted molar refractivity (Wildman–Crippen MR) is 68.5 cm³/mol. The number of halogens is 2. The molecular weight excluding hydrogens is 265 g/mol. The van der Waals surface area contributed by atoms with Crippen molar-refractivity contribution < 1.29 is 0 Å². The van der Waals surface area contributed by atoms with E-state index in [1.807, 2.05) is 17.6 Å². The zero-order valence-electron chi connectivity index (χ0n) is 8.50. The molecule has 0 fully saturated rings. The Morgan fingerprint density at radius 3 is 2.81 bits per heavy atom.